The minimum Gasteiger partial charge on any atom is -0.330 e. The van der Waals surface area contributed by atoms with Crippen LogP contribution >= 0.6 is 15.9 Å². The molecule has 0 bridgehead atoms. The van der Waals surface area contributed by atoms with Crippen molar-refractivity contribution in [1.29, 1.82) is 5.26 Å². The molecule has 2 aromatic rings. The van der Waals surface area contributed by atoms with Gasteiger partial charge in [-0.1, -0.05) is 0 Å². The quantitative estimate of drug-likeness (QED) is 0.821. The first kappa shape index (κ1) is 9.80. The van der Waals surface area contributed by atoms with E-state index >= 15 is 0 Å². The summed E-state index contributed by atoms with van der Waals surface area (Å²) in [6.45, 7) is 0.567. The maximum absolute atomic E-state index is 8.61. The molecule has 0 saturated heterocycles. The van der Waals surface area contributed by atoms with Crippen LogP contribution in [0.2, 0.25) is 0 Å². The van der Waals surface area contributed by atoms with E-state index in [1.54, 1.807) is 23.3 Å². The molecule has 2 aromatic heterocycles. The highest BCUT2D eigenvalue weighted by Gasteiger charge is 2.03. The number of hydrogen-bond donors (Lipinski definition) is 0. The van der Waals surface area contributed by atoms with Gasteiger partial charge < -0.3 is 4.57 Å². The molecule has 0 aliphatic rings. The van der Waals surface area contributed by atoms with Crippen molar-refractivity contribution in [2.45, 2.75) is 6.54 Å². The second-order valence-corrected chi connectivity index (χ2v) is 3.71. The monoisotopic (exact) mass is 263 g/mol. The van der Waals surface area contributed by atoms with Crippen molar-refractivity contribution in [3.05, 3.63) is 40.9 Å². The molecule has 0 aliphatic heterocycles. The number of imidazole rings is 1. The van der Waals surface area contributed by atoms with Crippen molar-refractivity contribution >= 4 is 15.9 Å². The summed E-state index contributed by atoms with van der Waals surface area (Å²) in [5, 5.41) is 8.61. The lowest BCUT2D eigenvalue weighted by Crippen LogP contribution is -2.00. The molecule has 15 heavy (non-hydrogen) atoms. The maximum atomic E-state index is 8.61. The number of hydrogen-bond acceptors (Lipinski definition) is 4. The van der Waals surface area contributed by atoms with E-state index in [1.165, 1.54) is 6.33 Å². The molecule has 0 aliphatic carbocycles. The lowest BCUT2D eigenvalue weighted by atomic mass is 10.4. The van der Waals surface area contributed by atoms with Gasteiger partial charge in [-0.2, -0.15) is 5.26 Å². The molecule has 6 heteroatoms. The summed E-state index contributed by atoms with van der Waals surface area (Å²) in [6, 6.07) is 1.97. The highest BCUT2D eigenvalue weighted by molar-refractivity contribution is 9.10. The predicted octanol–water partition coefficient (Wildman–Crippen LogP) is 1.36. The average molecular weight is 264 g/mol. The summed E-state index contributed by atoms with van der Waals surface area (Å²) >= 11 is 3.35. The number of nitrogens with zero attached hydrogens (tertiary/aromatic N) is 5. The largest absolute Gasteiger partial charge is 0.330 e. The average Bonchev–Trinajstić information content (AvgIpc) is 2.69. The van der Waals surface area contributed by atoms with Gasteiger partial charge in [0, 0.05) is 12.4 Å². The zero-order valence-electron chi connectivity index (χ0n) is 7.63. The fraction of sp³-hybridized carbons (Fsp3) is 0.111. The molecule has 5 nitrogen and oxygen atoms in total. The second kappa shape index (κ2) is 4.19. The number of rotatable bonds is 2. The summed E-state index contributed by atoms with van der Waals surface area (Å²) in [5.41, 5.74) is 1.26. The molecule has 0 atom stereocenters. The van der Waals surface area contributed by atoms with Gasteiger partial charge in [0.25, 0.3) is 0 Å². The molecule has 0 radical (unpaired) electrons. The van der Waals surface area contributed by atoms with Gasteiger partial charge in [0.05, 0.1) is 23.0 Å². The molecule has 74 valence electrons. The van der Waals surface area contributed by atoms with Crippen molar-refractivity contribution in [2.24, 2.45) is 0 Å². The molecular weight excluding hydrogens is 258 g/mol. The van der Waals surface area contributed by atoms with E-state index in [9.17, 15) is 0 Å². The Morgan fingerprint density at radius 3 is 3.00 bits per heavy atom. The number of aromatic nitrogens is 4. The minimum atomic E-state index is 0.403. The second-order valence-electron chi connectivity index (χ2n) is 2.86. The van der Waals surface area contributed by atoms with Crippen molar-refractivity contribution < 1.29 is 0 Å². The Labute approximate surface area is 94.6 Å². The van der Waals surface area contributed by atoms with Crippen LogP contribution < -0.4 is 0 Å². The lowest BCUT2D eigenvalue weighted by molar-refractivity contribution is 0.764. The molecule has 0 amide bonds. The Morgan fingerprint density at radius 1 is 1.47 bits per heavy atom. The van der Waals surface area contributed by atoms with Crippen LogP contribution in [0, 0.1) is 11.3 Å². The van der Waals surface area contributed by atoms with Crippen molar-refractivity contribution in [3.8, 4) is 6.07 Å². The molecule has 0 spiro atoms. The van der Waals surface area contributed by atoms with Crippen LogP contribution in [-0.2, 0) is 6.54 Å². The fourth-order valence-electron chi connectivity index (χ4n) is 1.13. The first-order valence-corrected chi connectivity index (χ1v) is 4.95. The van der Waals surface area contributed by atoms with Gasteiger partial charge in [0.15, 0.2) is 5.69 Å². The van der Waals surface area contributed by atoms with E-state index in [0.29, 0.717) is 12.2 Å². The third-order valence-electron chi connectivity index (χ3n) is 1.82. The van der Waals surface area contributed by atoms with E-state index in [1.807, 2.05) is 6.07 Å². The lowest BCUT2D eigenvalue weighted by Gasteiger charge is -2.02. The van der Waals surface area contributed by atoms with Gasteiger partial charge in [0.2, 0.25) is 0 Å². The van der Waals surface area contributed by atoms with E-state index in [2.05, 4.69) is 30.9 Å². The zero-order valence-corrected chi connectivity index (χ0v) is 9.22. The molecule has 0 N–H and O–H groups in total. The minimum absolute atomic E-state index is 0.403. The molecule has 0 fully saturated rings. The van der Waals surface area contributed by atoms with Crippen LogP contribution in [0.5, 0.6) is 0 Å². The Bertz CT molecular complexity index is 513. The molecule has 0 saturated carbocycles. The normalized spacial score (nSPS) is 9.87. The van der Waals surface area contributed by atoms with E-state index in [4.69, 9.17) is 5.26 Å². The zero-order chi connectivity index (χ0) is 10.7. The smallest absolute Gasteiger partial charge is 0.158 e. The highest BCUT2D eigenvalue weighted by atomic mass is 79.9. The standard InChI is InChI=1S/C9H6BrN5/c10-8-2-12-5-13-9(8)4-15-3-7(1-11)14-6-15/h2-3,5-6H,4H2. The Hall–Kier alpha value is -1.74. The summed E-state index contributed by atoms with van der Waals surface area (Å²) in [4.78, 5) is 11.9. The van der Waals surface area contributed by atoms with Gasteiger partial charge >= 0.3 is 0 Å². The van der Waals surface area contributed by atoms with Crippen molar-refractivity contribution in [1.82, 2.24) is 19.5 Å². The molecule has 2 heterocycles. The Morgan fingerprint density at radius 2 is 2.33 bits per heavy atom. The summed E-state index contributed by atoms with van der Waals surface area (Å²) < 4.78 is 2.64. The summed E-state index contributed by atoms with van der Waals surface area (Å²) in [7, 11) is 0. The topological polar surface area (TPSA) is 67.4 Å². The van der Waals surface area contributed by atoms with Gasteiger partial charge in [0.1, 0.15) is 12.4 Å². The van der Waals surface area contributed by atoms with Crippen LogP contribution in [0.25, 0.3) is 0 Å². The molecule has 0 aromatic carbocycles. The fourth-order valence-corrected chi connectivity index (χ4v) is 1.48. The summed E-state index contributed by atoms with van der Waals surface area (Å²) in [5.74, 6) is 0. The molecular formula is C9H6BrN5. The first-order valence-electron chi connectivity index (χ1n) is 4.16. The van der Waals surface area contributed by atoms with Gasteiger partial charge in [-0.05, 0) is 15.9 Å². The maximum Gasteiger partial charge on any atom is 0.158 e. The van der Waals surface area contributed by atoms with Crippen LogP contribution in [0.15, 0.2) is 29.5 Å². The van der Waals surface area contributed by atoms with E-state index in [0.717, 1.165) is 10.2 Å². The molecule has 0 unspecified atom stereocenters. The SMILES string of the molecule is N#Cc1cn(Cc2ncncc2Br)cn1. The number of halogens is 1. The van der Waals surface area contributed by atoms with Crippen LogP contribution in [0.3, 0.4) is 0 Å². The Kier molecular flexibility index (Phi) is 2.74. The van der Waals surface area contributed by atoms with Gasteiger partial charge in [-0.3, -0.25) is 0 Å². The van der Waals surface area contributed by atoms with Crippen molar-refractivity contribution in [3.63, 3.8) is 0 Å². The Balaban J connectivity index is 2.23. The summed E-state index contributed by atoms with van der Waals surface area (Å²) in [6.07, 6.45) is 6.45. The highest BCUT2D eigenvalue weighted by Crippen LogP contribution is 2.13. The number of nitriles is 1. The third-order valence-corrected chi connectivity index (χ3v) is 2.49. The van der Waals surface area contributed by atoms with Gasteiger partial charge in [-0.15, -0.1) is 0 Å². The van der Waals surface area contributed by atoms with Crippen molar-refractivity contribution in [2.75, 3.05) is 0 Å². The van der Waals surface area contributed by atoms with Crippen LogP contribution in [-0.4, -0.2) is 19.5 Å². The van der Waals surface area contributed by atoms with Crippen LogP contribution in [0.4, 0.5) is 0 Å². The third kappa shape index (κ3) is 2.19. The van der Waals surface area contributed by atoms with E-state index < -0.39 is 0 Å². The van der Waals surface area contributed by atoms with E-state index in [-0.39, 0.29) is 0 Å². The first-order chi connectivity index (χ1) is 7.29. The predicted molar refractivity (Wildman–Crippen MR) is 55.8 cm³/mol. The molecule has 2 rings (SSSR count). The van der Waals surface area contributed by atoms with Crippen LogP contribution in [0.1, 0.15) is 11.4 Å². The van der Waals surface area contributed by atoms with Gasteiger partial charge in [-0.25, -0.2) is 15.0 Å².